The fourth-order valence-corrected chi connectivity index (χ4v) is 4.22. The molecule has 1 aliphatic rings. The Kier molecular flexibility index (Phi) is 5.30. The number of nitrogens with two attached hydrogens (primary N) is 1. The summed E-state index contributed by atoms with van der Waals surface area (Å²) in [5.41, 5.74) is 7.97. The van der Waals surface area contributed by atoms with Gasteiger partial charge in [-0.3, -0.25) is 9.59 Å². The van der Waals surface area contributed by atoms with Gasteiger partial charge in [-0.2, -0.15) is 0 Å². The van der Waals surface area contributed by atoms with E-state index in [9.17, 15) is 14.0 Å². The summed E-state index contributed by atoms with van der Waals surface area (Å²) in [6.45, 7) is 1.76. The van der Waals surface area contributed by atoms with Gasteiger partial charge in [0.05, 0.1) is 12.2 Å². The fourth-order valence-electron chi connectivity index (χ4n) is 4.01. The van der Waals surface area contributed by atoms with Gasteiger partial charge in [0.15, 0.2) is 0 Å². The number of aromatic nitrogens is 1. The molecule has 154 valence electrons. The van der Waals surface area contributed by atoms with E-state index in [1.54, 1.807) is 42.2 Å². The topological polar surface area (TPSA) is 89.4 Å². The van der Waals surface area contributed by atoms with Gasteiger partial charge in [-0.25, -0.2) is 4.39 Å². The molecule has 6 nitrogen and oxygen atoms in total. The van der Waals surface area contributed by atoms with E-state index in [-0.39, 0.29) is 23.3 Å². The maximum absolute atomic E-state index is 14.4. The molecule has 1 atom stereocenters. The van der Waals surface area contributed by atoms with E-state index in [4.69, 9.17) is 21.9 Å². The number of primary amides is 1. The predicted molar refractivity (Wildman–Crippen MR) is 109 cm³/mol. The molecular formula is C22H19ClFN3O3. The van der Waals surface area contributed by atoms with Gasteiger partial charge in [0.25, 0.3) is 5.91 Å². The van der Waals surface area contributed by atoms with Crippen LogP contribution in [0.2, 0.25) is 5.02 Å². The molecule has 1 aromatic heterocycles. The highest BCUT2D eigenvalue weighted by atomic mass is 35.5. The molecule has 1 aliphatic carbocycles. The molecule has 2 amide bonds. The first kappa shape index (κ1) is 20.1. The SMILES string of the molecule is Cc1oncc1C(=O)N(Cc1ccccc1C(N)=O)[C@@H]1CCc2c(F)cc(Cl)cc21. The zero-order valence-electron chi connectivity index (χ0n) is 16.2. The van der Waals surface area contributed by atoms with Crippen LogP contribution in [0.5, 0.6) is 0 Å². The molecule has 0 radical (unpaired) electrons. The summed E-state index contributed by atoms with van der Waals surface area (Å²) in [7, 11) is 0. The monoisotopic (exact) mass is 427 g/mol. The van der Waals surface area contributed by atoms with Gasteiger partial charge in [-0.05, 0) is 54.7 Å². The zero-order valence-corrected chi connectivity index (χ0v) is 16.9. The Labute approximate surface area is 177 Å². The molecule has 8 heteroatoms. The van der Waals surface area contributed by atoms with Gasteiger partial charge in [0.1, 0.15) is 17.1 Å². The first-order valence-electron chi connectivity index (χ1n) is 9.44. The number of amides is 2. The number of carbonyl (C=O) groups excluding carboxylic acids is 2. The molecule has 0 spiro atoms. The summed E-state index contributed by atoms with van der Waals surface area (Å²) in [4.78, 5) is 27.0. The standard InChI is InChI=1S/C22H19ClFN3O3/c1-12-18(10-26-30-12)22(29)27(11-13-4-2-3-5-15(13)21(25)28)20-7-6-16-17(20)8-14(23)9-19(16)24/h2-5,8-10,20H,6-7,11H2,1H3,(H2,25,28)/t20-/m1/s1. The van der Waals surface area contributed by atoms with Crippen LogP contribution in [0, 0.1) is 12.7 Å². The zero-order chi connectivity index (χ0) is 21.4. The van der Waals surface area contributed by atoms with Crippen molar-refractivity contribution in [1.29, 1.82) is 0 Å². The number of halogens is 2. The largest absolute Gasteiger partial charge is 0.366 e. The second-order valence-electron chi connectivity index (χ2n) is 7.26. The van der Waals surface area contributed by atoms with Crippen molar-refractivity contribution >= 4 is 23.4 Å². The average molecular weight is 428 g/mol. The number of benzene rings is 2. The fraction of sp³-hybridized carbons (Fsp3) is 0.227. The third-order valence-electron chi connectivity index (χ3n) is 5.46. The third-order valence-corrected chi connectivity index (χ3v) is 5.68. The second kappa shape index (κ2) is 7.91. The Balaban J connectivity index is 1.80. The van der Waals surface area contributed by atoms with Gasteiger partial charge >= 0.3 is 0 Å². The summed E-state index contributed by atoms with van der Waals surface area (Å²) in [5, 5.41) is 3.97. The van der Waals surface area contributed by atoms with Crippen LogP contribution < -0.4 is 5.73 Å². The van der Waals surface area contributed by atoms with Crippen LogP contribution in [-0.2, 0) is 13.0 Å². The van der Waals surface area contributed by atoms with Crippen molar-refractivity contribution < 1.29 is 18.5 Å². The van der Waals surface area contributed by atoms with Crippen LogP contribution in [0.4, 0.5) is 4.39 Å². The van der Waals surface area contributed by atoms with Crippen LogP contribution in [0.25, 0.3) is 0 Å². The number of rotatable bonds is 5. The molecule has 4 rings (SSSR count). The maximum atomic E-state index is 14.4. The Hall–Kier alpha value is -3.19. The van der Waals surface area contributed by atoms with Gasteiger partial charge in [-0.15, -0.1) is 0 Å². The van der Waals surface area contributed by atoms with Crippen molar-refractivity contribution in [2.24, 2.45) is 5.73 Å². The minimum absolute atomic E-state index is 0.112. The van der Waals surface area contributed by atoms with Gasteiger partial charge < -0.3 is 15.2 Å². The minimum Gasteiger partial charge on any atom is -0.366 e. The number of aryl methyl sites for hydroxylation is 1. The summed E-state index contributed by atoms with van der Waals surface area (Å²) in [5.74, 6) is -0.916. The molecule has 2 aromatic carbocycles. The molecule has 0 saturated carbocycles. The van der Waals surface area contributed by atoms with Crippen LogP contribution in [-0.4, -0.2) is 21.9 Å². The van der Waals surface area contributed by atoms with Gasteiger partial charge in [0, 0.05) is 17.1 Å². The highest BCUT2D eigenvalue weighted by Gasteiger charge is 2.35. The lowest BCUT2D eigenvalue weighted by Gasteiger charge is -2.30. The highest BCUT2D eigenvalue weighted by Crippen LogP contribution is 2.40. The first-order chi connectivity index (χ1) is 14.4. The van der Waals surface area contributed by atoms with Crippen molar-refractivity contribution in [3.63, 3.8) is 0 Å². The van der Waals surface area contributed by atoms with Crippen LogP contribution in [0.3, 0.4) is 0 Å². The van der Waals surface area contributed by atoms with E-state index in [0.717, 1.165) is 0 Å². The smallest absolute Gasteiger partial charge is 0.259 e. The Morgan fingerprint density at radius 3 is 2.77 bits per heavy atom. The van der Waals surface area contributed by atoms with E-state index in [0.29, 0.717) is 46.4 Å². The average Bonchev–Trinajstić information content (AvgIpc) is 3.32. The van der Waals surface area contributed by atoms with E-state index >= 15 is 0 Å². The summed E-state index contributed by atoms with van der Waals surface area (Å²) in [6.07, 6.45) is 2.37. The quantitative estimate of drug-likeness (QED) is 0.660. The normalized spacial score (nSPS) is 15.1. The lowest BCUT2D eigenvalue weighted by molar-refractivity contribution is 0.0654. The molecular weight excluding hydrogens is 409 g/mol. The molecule has 3 aromatic rings. The maximum Gasteiger partial charge on any atom is 0.259 e. The number of hydrogen-bond donors (Lipinski definition) is 1. The molecule has 0 saturated heterocycles. The Morgan fingerprint density at radius 1 is 1.30 bits per heavy atom. The summed E-state index contributed by atoms with van der Waals surface area (Å²) in [6, 6.07) is 9.39. The number of carbonyl (C=O) groups is 2. The van der Waals surface area contributed by atoms with Gasteiger partial charge in [0.2, 0.25) is 5.91 Å². The van der Waals surface area contributed by atoms with Crippen molar-refractivity contribution in [3.8, 4) is 0 Å². The molecule has 0 bridgehead atoms. The molecule has 0 unspecified atom stereocenters. The second-order valence-corrected chi connectivity index (χ2v) is 7.70. The predicted octanol–water partition coefficient (Wildman–Crippen LogP) is 4.20. The van der Waals surface area contributed by atoms with Crippen molar-refractivity contribution in [1.82, 2.24) is 10.1 Å². The van der Waals surface area contributed by atoms with Crippen LogP contribution in [0.1, 0.15) is 55.6 Å². The highest BCUT2D eigenvalue weighted by molar-refractivity contribution is 6.30. The molecule has 0 fully saturated rings. The lowest BCUT2D eigenvalue weighted by atomic mass is 10.0. The van der Waals surface area contributed by atoms with Crippen LogP contribution in [0.15, 0.2) is 47.1 Å². The number of nitrogens with zero attached hydrogens (tertiary/aromatic N) is 2. The summed E-state index contributed by atoms with van der Waals surface area (Å²) < 4.78 is 19.5. The van der Waals surface area contributed by atoms with Gasteiger partial charge in [-0.1, -0.05) is 35.0 Å². The van der Waals surface area contributed by atoms with E-state index in [1.807, 2.05) is 0 Å². The molecule has 30 heavy (non-hydrogen) atoms. The van der Waals surface area contributed by atoms with Crippen molar-refractivity contribution in [2.45, 2.75) is 32.4 Å². The first-order valence-corrected chi connectivity index (χ1v) is 9.82. The number of fused-ring (bicyclic) bond motifs is 1. The van der Waals surface area contributed by atoms with Crippen LogP contribution >= 0.6 is 11.6 Å². The number of hydrogen-bond acceptors (Lipinski definition) is 4. The molecule has 1 heterocycles. The third kappa shape index (κ3) is 3.57. The van der Waals surface area contributed by atoms with Crippen molar-refractivity contribution in [3.05, 3.63) is 87.0 Å². The summed E-state index contributed by atoms with van der Waals surface area (Å²) >= 11 is 6.10. The molecule has 2 N–H and O–H groups in total. The van der Waals surface area contributed by atoms with E-state index < -0.39 is 11.9 Å². The molecule has 0 aliphatic heterocycles. The lowest BCUT2D eigenvalue weighted by Crippen LogP contribution is -2.34. The van der Waals surface area contributed by atoms with E-state index in [2.05, 4.69) is 5.16 Å². The minimum atomic E-state index is -0.583. The van der Waals surface area contributed by atoms with Crippen molar-refractivity contribution in [2.75, 3.05) is 0 Å². The van der Waals surface area contributed by atoms with E-state index in [1.165, 1.54) is 12.3 Å². The Bertz CT molecular complexity index is 1140. The Morgan fingerprint density at radius 2 is 2.07 bits per heavy atom.